The lowest BCUT2D eigenvalue weighted by molar-refractivity contribution is -0.144. The van der Waals surface area contributed by atoms with Gasteiger partial charge < -0.3 is 50.5 Å². The molecule has 2 amide bonds. The zero-order chi connectivity index (χ0) is 44.6. The van der Waals surface area contributed by atoms with Crippen LogP contribution in [0.25, 0.3) is 0 Å². The summed E-state index contributed by atoms with van der Waals surface area (Å²) in [5.74, 6) is -3.19. The fourth-order valence-electron chi connectivity index (χ4n) is 6.52. The second-order valence-electron chi connectivity index (χ2n) is 15.6. The molecule has 17 nitrogen and oxygen atoms in total. The number of rotatable bonds is 45. The van der Waals surface area contributed by atoms with Gasteiger partial charge in [0.1, 0.15) is 13.2 Å². The lowest BCUT2D eigenvalue weighted by atomic mass is 9.92. The highest BCUT2D eigenvalue weighted by Crippen LogP contribution is 2.16. The van der Waals surface area contributed by atoms with Crippen molar-refractivity contribution in [2.45, 2.75) is 154 Å². The highest BCUT2D eigenvalue weighted by molar-refractivity contribution is 5.87. The summed E-state index contributed by atoms with van der Waals surface area (Å²) in [7, 11) is 0. The number of aromatic nitrogens is 2. The number of carbonyl (C=O) groups is 6. The second kappa shape index (κ2) is 39.1. The number of aromatic amines is 1. The highest BCUT2D eigenvalue weighted by atomic mass is 16.5. The number of nitrogens with two attached hydrogens (primary N) is 1. The van der Waals surface area contributed by atoms with Gasteiger partial charge in [-0.1, -0.05) is 83.5 Å². The summed E-state index contributed by atoms with van der Waals surface area (Å²) in [5, 5.41) is 23.8. The zero-order valence-electron chi connectivity index (χ0n) is 36.6. The Morgan fingerprint density at radius 3 is 1.75 bits per heavy atom. The number of amides is 2. The number of carboxylic acids is 2. The Morgan fingerprint density at radius 2 is 1.16 bits per heavy atom. The van der Waals surface area contributed by atoms with E-state index in [-0.39, 0.29) is 69.3 Å². The third-order valence-electron chi connectivity index (χ3n) is 10.1. The molecule has 0 aliphatic heterocycles. The number of ether oxygens (including phenoxy) is 4. The van der Waals surface area contributed by atoms with E-state index in [4.69, 9.17) is 29.8 Å². The maximum atomic E-state index is 12.4. The Kier molecular flexibility index (Phi) is 35.4. The molecule has 61 heavy (non-hydrogen) atoms. The number of unbranched alkanes of at least 4 members (excludes halogenated alkanes) is 14. The molecule has 1 aromatic rings. The number of Topliss-reactive ketones (excluding diaryl/α,β-unsaturated/α-hetero) is 2. The molecule has 350 valence electrons. The minimum absolute atomic E-state index is 0.0000578. The Morgan fingerprint density at radius 1 is 0.607 bits per heavy atom. The molecule has 0 saturated heterocycles. The van der Waals surface area contributed by atoms with Crippen molar-refractivity contribution in [3.05, 3.63) is 18.2 Å². The van der Waals surface area contributed by atoms with Gasteiger partial charge in [-0.05, 0) is 32.1 Å². The molecular formula is C44H77N5O12. The quantitative estimate of drug-likeness (QED) is 0.0467. The maximum absolute atomic E-state index is 12.4. The van der Waals surface area contributed by atoms with E-state index in [1.165, 1.54) is 57.7 Å². The van der Waals surface area contributed by atoms with Gasteiger partial charge >= 0.3 is 11.9 Å². The summed E-state index contributed by atoms with van der Waals surface area (Å²) in [6, 6.07) is -0.805. The topological polar surface area (TPSA) is 259 Å². The normalized spacial score (nSPS) is 12.2. The Bertz CT molecular complexity index is 1300. The van der Waals surface area contributed by atoms with Crippen LogP contribution in [0.3, 0.4) is 0 Å². The van der Waals surface area contributed by atoms with Crippen LogP contribution in [0.15, 0.2) is 12.5 Å². The second-order valence-corrected chi connectivity index (χ2v) is 15.6. The lowest BCUT2D eigenvalue weighted by Crippen LogP contribution is -2.35. The van der Waals surface area contributed by atoms with Gasteiger partial charge in [-0.25, -0.2) is 4.98 Å². The number of nitrogens with zero attached hydrogens (tertiary/aromatic N) is 1. The minimum atomic E-state index is -1.05. The number of carbonyl (C=O) groups excluding carboxylic acids is 4. The fourth-order valence-corrected chi connectivity index (χ4v) is 6.52. The van der Waals surface area contributed by atoms with Crippen LogP contribution in [0.2, 0.25) is 0 Å². The molecule has 0 saturated carbocycles. The van der Waals surface area contributed by atoms with E-state index in [0.29, 0.717) is 83.5 Å². The van der Waals surface area contributed by atoms with Crippen LogP contribution in [0.4, 0.5) is 0 Å². The molecule has 1 heterocycles. The van der Waals surface area contributed by atoms with E-state index in [2.05, 4.69) is 20.6 Å². The number of hydrogen-bond acceptors (Lipinski definition) is 12. The van der Waals surface area contributed by atoms with Gasteiger partial charge in [0.25, 0.3) is 0 Å². The first-order chi connectivity index (χ1) is 29.6. The van der Waals surface area contributed by atoms with Crippen molar-refractivity contribution >= 4 is 35.3 Å². The number of carboxylic acid groups (broad SMARTS) is 2. The molecule has 0 aliphatic carbocycles. The van der Waals surface area contributed by atoms with Crippen molar-refractivity contribution in [2.75, 3.05) is 65.9 Å². The van der Waals surface area contributed by atoms with Crippen molar-refractivity contribution in [3.8, 4) is 0 Å². The average Bonchev–Trinajstić information content (AvgIpc) is 3.74. The average molecular weight is 868 g/mol. The van der Waals surface area contributed by atoms with Gasteiger partial charge in [0.15, 0.2) is 11.6 Å². The predicted molar refractivity (Wildman–Crippen MR) is 230 cm³/mol. The standard InChI is InChI=1S/C44H77N5O12/c45-39(31-37-32-46-35-49-37)40(51)30-36(44(56)57)18-15-16-22-47-42(53)34-61-29-26-58-24-17-19-38(50)33-60-28-27-59-25-23-48-41(52)20-13-11-9-7-5-3-1-2-4-6-8-10-12-14-21-43(54)55/h32,35-36,39H,1-31,33-34,45H2,(H,46,49)(H,47,53)(H,48,52)(H,54,55)(H,56,57)/t36-,39+/m1/s1. The number of imidazole rings is 1. The fraction of sp³-hybridized carbons (Fsp3) is 0.795. The zero-order valence-corrected chi connectivity index (χ0v) is 36.6. The molecule has 7 N–H and O–H groups in total. The number of hydrogen-bond donors (Lipinski definition) is 6. The predicted octanol–water partition coefficient (Wildman–Crippen LogP) is 5.08. The third-order valence-corrected chi connectivity index (χ3v) is 10.1. The molecular weight excluding hydrogens is 791 g/mol. The van der Waals surface area contributed by atoms with Gasteiger partial charge in [-0.15, -0.1) is 0 Å². The van der Waals surface area contributed by atoms with Crippen LogP contribution < -0.4 is 16.4 Å². The highest BCUT2D eigenvalue weighted by Gasteiger charge is 2.24. The SMILES string of the molecule is N[C@@H](Cc1cnc[nH]1)C(=O)C[C@@H](CCCCNC(=O)COCCOCCCC(=O)COCCOCCNC(=O)CCCCCCCCCCCCCCCCC(=O)O)C(=O)O. The number of ketones is 2. The Labute approximate surface area is 362 Å². The Hall–Kier alpha value is -3.77. The largest absolute Gasteiger partial charge is 0.481 e. The summed E-state index contributed by atoms with van der Waals surface area (Å²) < 4.78 is 21.6. The lowest BCUT2D eigenvalue weighted by Gasteiger charge is -2.15. The summed E-state index contributed by atoms with van der Waals surface area (Å²) in [5.41, 5.74) is 6.65. The Balaban J connectivity index is 1.83. The molecule has 1 rings (SSSR count). The van der Waals surface area contributed by atoms with E-state index in [9.17, 15) is 33.9 Å². The molecule has 0 unspecified atom stereocenters. The monoisotopic (exact) mass is 868 g/mol. The number of nitrogens with one attached hydrogen (secondary N) is 3. The van der Waals surface area contributed by atoms with Crippen LogP contribution in [0.1, 0.15) is 147 Å². The first-order valence-electron chi connectivity index (χ1n) is 22.6. The summed E-state index contributed by atoms with van der Waals surface area (Å²) in [4.78, 5) is 77.4. The third kappa shape index (κ3) is 35.5. The number of H-pyrrole nitrogens is 1. The summed E-state index contributed by atoms with van der Waals surface area (Å²) in [6.45, 7) is 2.54. The van der Waals surface area contributed by atoms with Gasteiger partial charge in [-0.3, -0.25) is 28.8 Å². The van der Waals surface area contributed by atoms with Gasteiger partial charge in [0, 0.05) is 63.7 Å². The molecule has 1 aromatic heterocycles. The molecule has 0 radical (unpaired) electrons. The molecule has 2 atom stereocenters. The molecule has 17 heteroatoms. The van der Waals surface area contributed by atoms with E-state index >= 15 is 0 Å². The van der Waals surface area contributed by atoms with Crippen LogP contribution in [0.5, 0.6) is 0 Å². The number of aliphatic carboxylic acids is 2. The van der Waals surface area contributed by atoms with Crippen molar-refractivity contribution in [1.29, 1.82) is 0 Å². The van der Waals surface area contributed by atoms with E-state index < -0.39 is 23.9 Å². The van der Waals surface area contributed by atoms with Crippen LogP contribution >= 0.6 is 0 Å². The smallest absolute Gasteiger partial charge is 0.306 e. The van der Waals surface area contributed by atoms with E-state index in [1.54, 1.807) is 6.20 Å². The molecule has 0 fully saturated rings. The summed E-state index contributed by atoms with van der Waals surface area (Å²) >= 11 is 0. The van der Waals surface area contributed by atoms with Gasteiger partial charge in [0.2, 0.25) is 11.8 Å². The van der Waals surface area contributed by atoms with Crippen LogP contribution in [-0.2, 0) is 54.1 Å². The molecule has 0 spiro atoms. The first kappa shape index (κ1) is 55.2. The first-order valence-corrected chi connectivity index (χ1v) is 22.6. The van der Waals surface area contributed by atoms with Gasteiger partial charge in [0.05, 0.1) is 51.3 Å². The van der Waals surface area contributed by atoms with E-state index in [0.717, 1.165) is 38.5 Å². The minimum Gasteiger partial charge on any atom is -0.481 e. The molecule has 0 bridgehead atoms. The molecule has 0 aliphatic rings. The van der Waals surface area contributed by atoms with Crippen molar-refractivity contribution < 1.29 is 57.9 Å². The van der Waals surface area contributed by atoms with Crippen molar-refractivity contribution in [3.63, 3.8) is 0 Å². The van der Waals surface area contributed by atoms with Crippen molar-refractivity contribution in [2.24, 2.45) is 11.7 Å². The van der Waals surface area contributed by atoms with Gasteiger partial charge in [-0.2, -0.15) is 0 Å². The molecule has 0 aromatic carbocycles. The van der Waals surface area contributed by atoms with Crippen molar-refractivity contribution in [1.82, 2.24) is 20.6 Å². The summed E-state index contributed by atoms with van der Waals surface area (Å²) in [6.07, 6.45) is 22.3. The van der Waals surface area contributed by atoms with Crippen LogP contribution in [-0.4, -0.2) is 127 Å². The maximum Gasteiger partial charge on any atom is 0.306 e. The van der Waals surface area contributed by atoms with Crippen LogP contribution in [0, 0.1) is 5.92 Å². The van der Waals surface area contributed by atoms with E-state index in [1.807, 2.05) is 0 Å².